The molecule has 2 N–H and O–H groups in total. The molecule has 1 amide bonds. The van der Waals surface area contributed by atoms with Crippen LogP contribution in [-0.2, 0) is 10.2 Å². The van der Waals surface area contributed by atoms with Gasteiger partial charge in [-0.1, -0.05) is 32.9 Å². The van der Waals surface area contributed by atoms with Gasteiger partial charge in [0.05, 0.1) is 0 Å². The monoisotopic (exact) mass is 249 g/mol. The van der Waals surface area contributed by atoms with E-state index in [1.165, 1.54) is 5.56 Å². The fourth-order valence-corrected chi connectivity index (χ4v) is 1.72. The van der Waals surface area contributed by atoms with Gasteiger partial charge in [-0.05, 0) is 36.0 Å². The van der Waals surface area contributed by atoms with Crippen LogP contribution >= 0.6 is 0 Å². The Morgan fingerprint density at radius 2 is 2.00 bits per heavy atom. The number of aryl methyl sites for hydroxylation is 1. The zero-order valence-electron chi connectivity index (χ0n) is 11.7. The fraction of sp³-hybridized carbons (Fsp3) is 0.533. The van der Waals surface area contributed by atoms with Gasteiger partial charge in [-0.25, -0.2) is 0 Å². The zero-order valence-corrected chi connectivity index (χ0v) is 11.7. The Kier molecular flexibility index (Phi) is 4.91. The molecule has 3 heteroatoms. The standard InChI is InChI=1S/C15H23NO2/c1-11-10-12(15(2,3)4)7-8-13(11)16-14(18)6-5-9-17/h7-8,10,17H,5-6,9H2,1-4H3,(H,16,18). The number of anilines is 1. The maximum atomic E-state index is 11.6. The summed E-state index contributed by atoms with van der Waals surface area (Å²) in [4.78, 5) is 11.6. The van der Waals surface area contributed by atoms with Crippen LogP contribution in [0.5, 0.6) is 0 Å². The van der Waals surface area contributed by atoms with Crippen LogP contribution in [0.1, 0.15) is 44.7 Å². The number of aliphatic hydroxyl groups excluding tert-OH is 1. The number of hydrogen-bond donors (Lipinski definition) is 2. The molecule has 0 atom stereocenters. The summed E-state index contributed by atoms with van der Waals surface area (Å²) in [6.45, 7) is 8.55. The summed E-state index contributed by atoms with van der Waals surface area (Å²) in [6, 6.07) is 6.11. The van der Waals surface area contributed by atoms with Gasteiger partial charge in [-0.3, -0.25) is 4.79 Å². The van der Waals surface area contributed by atoms with Crippen molar-refractivity contribution in [3.8, 4) is 0 Å². The first-order chi connectivity index (χ1) is 8.34. The van der Waals surface area contributed by atoms with Gasteiger partial charge < -0.3 is 10.4 Å². The minimum atomic E-state index is -0.0457. The van der Waals surface area contributed by atoms with Gasteiger partial charge in [-0.2, -0.15) is 0 Å². The second-order valence-electron chi connectivity index (χ2n) is 5.66. The number of amides is 1. The fourth-order valence-electron chi connectivity index (χ4n) is 1.72. The van der Waals surface area contributed by atoms with E-state index in [0.717, 1.165) is 11.3 Å². The lowest BCUT2D eigenvalue weighted by atomic mass is 9.86. The van der Waals surface area contributed by atoms with Crippen LogP contribution in [0.4, 0.5) is 5.69 Å². The molecule has 1 rings (SSSR count). The minimum absolute atomic E-state index is 0.0457. The first-order valence-electron chi connectivity index (χ1n) is 6.36. The first-order valence-corrected chi connectivity index (χ1v) is 6.36. The summed E-state index contributed by atoms with van der Waals surface area (Å²) >= 11 is 0. The molecule has 0 saturated carbocycles. The molecule has 0 aliphatic carbocycles. The summed E-state index contributed by atoms with van der Waals surface area (Å²) in [7, 11) is 0. The number of carbonyl (C=O) groups excluding carboxylic acids is 1. The van der Waals surface area contributed by atoms with Gasteiger partial charge in [0.25, 0.3) is 0 Å². The Labute approximate surface area is 109 Å². The number of benzene rings is 1. The molecule has 1 aromatic rings. The van der Waals surface area contributed by atoms with Gasteiger partial charge in [-0.15, -0.1) is 0 Å². The van der Waals surface area contributed by atoms with Crippen LogP contribution in [0, 0.1) is 6.92 Å². The molecular formula is C15H23NO2. The van der Waals surface area contributed by atoms with Crippen molar-refractivity contribution in [3.05, 3.63) is 29.3 Å². The highest BCUT2D eigenvalue weighted by Crippen LogP contribution is 2.26. The van der Waals surface area contributed by atoms with Crippen molar-refractivity contribution in [1.29, 1.82) is 0 Å². The lowest BCUT2D eigenvalue weighted by Gasteiger charge is -2.20. The van der Waals surface area contributed by atoms with E-state index in [2.05, 4.69) is 38.2 Å². The molecule has 0 aliphatic rings. The minimum Gasteiger partial charge on any atom is -0.396 e. The molecule has 0 heterocycles. The van der Waals surface area contributed by atoms with Crippen LogP contribution < -0.4 is 5.32 Å². The number of nitrogens with one attached hydrogen (secondary N) is 1. The SMILES string of the molecule is Cc1cc(C(C)(C)C)ccc1NC(=O)CCCO. The van der Waals surface area contributed by atoms with Gasteiger partial charge in [0.2, 0.25) is 5.91 Å². The third kappa shape index (κ3) is 4.15. The molecule has 0 radical (unpaired) electrons. The molecule has 0 aromatic heterocycles. The third-order valence-electron chi connectivity index (χ3n) is 2.93. The predicted octanol–water partition coefficient (Wildman–Crippen LogP) is 3.00. The average molecular weight is 249 g/mol. The van der Waals surface area contributed by atoms with E-state index in [4.69, 9.17) is 5.11 Å². The maximum Gasteiger partial charge on any atom is 0.224 e. The molecular weight excluding hydrogens is 226 g/mol. The largest absolute Gasteiger partial charge is 0.396 e. The molecule has 0 bridgehead atoms. The summed E-state index contributed by atoms with van der Waals surface area (Å²) in [5, 5.41) is 11.6. The molecule has 0 spiro atoms. The number of hydrogen-bond acceptors (Lipinski definition) is 2. The summed E-state index contributed by atoms with van der Waals surface area (Å²) in [5.41, 5.74) is 3.29. The number of carbonyl (C=O) groups is 1. The first kappa shape index (κ1) is 14.7. The second-order valence-corrected chi connectivity index (χ2v) is 5.66. The Hall–Kier alpha value is -1.35. The topological polar surface area (TPSA) is 49.3 Å². The summed E-state index contributed by atoms with van der Waals surface area (Å²) < 4.78 is 0. The Morgan fingerprint density at radius 3 is 2.50 bits per heavy atom. The highest BCUT2D eigenvalue weighted by atomic mass is 16.3. The number of aliphatic hydroxyl groups is 1. The van der Waals surface area contributed by atoms with Gasteiger partial charge in [0.1, 0.15) is 0 Å². The van der Waals surface area contributed by atoms with E-state index in [-0.39, 0.29) is 17.9 Å². The van der Waals surface area contributed by atoms with Gasteiger partial charge in [0.15, 0.2) is 0 Å². The molecule has 100 valence electrons. The van der Waals surface area contributed by atoms with E-state index in [1.54, 1.807) is 0 Å². The molecule has 0 saturated heterocycles. The summed E-state index contributed by atoms with van der Waals surface area (Å²) in [5.74, 6) is -0.0457. The van der Waals surface area contributed by atoms with E-state index < -0.39 is 0 Å². The highest BCUT2D eigenvalue weighted by molar-refractivity contribution is 5.91. The quantitative estimate of drug-likeness (QED) is 0.861. The Balaban J connectivity index is 2.77. The van der Waals surface area contributed by atoms with Gasteiger partial charge >= 0.3 is 0 Å². The predicted molar refractivity (Wildman–Crippen MR) is 74.8 cm³/mol. The second kappa shape index (κ2) is 6.01. The van der Waals surface area contributed by atoms with E-state index >= 15 is 0 Å². The highest BCUT2D eigenvalue weighted by Gasteiger charge is 2.14. The average Bonchev–Trinajstić information content (AvgIpc) is 2.27. The normalized spacial score (nSPS) is 11.4. The van der Waals surface area contributed by atoms with Crippen molar-refractivity contribution in [2.75, 3.05) is 11.9 Å². The van der Waals surface area contributed by atoms with E-state index in [1.807, 2.05) is 13.0 Å². The molecule has 1 aromatic carbocycles. The summed E-state index contributed by atoms with van der Waals surface area (Å²) in [6.07, 6.45) is 0.863. The molecule has 0 fully saturated rings. The Bertz CT molecular complexity index is 419. The lowest BCUT2D eigenvalue weighted by molar-refractivity contribution is -0.116. The van der Waals surface area contributed by atoms with E-state index in [0.29, 0.717) is 12.8 Å². The van der Waals surface area contributed by atoms with Gasteiger partial charge in [0, 0.05) is 18.7 Å². The van der Waals surface area contributed by atoms with Crippen LogP contribution in [-0.4, -0.2) is 17.6 Å². The van der Waals surface area contributed by atoms with Crippen molar-refractivity contribution in [3.63, 3.8) is 0 Å². The van der Waals surface area contributed by atoms with Crippen molar-refractivity contribution >= 4 is 11.6 Å². The van der Waals surface area contributed by atoms with Crippen molar-refractivity contribution in [2.45, 2.75) is 46.0 Å². The van der Waals surface area contributed by atoms with Crippen LogP contribution in [0.25, 0.3) is 0 Å². The third-order valence-corrected chi connectivity index (χ3v) is 2.93. The van der Waals surface area contributed by atoms with E-state index in [9.17, 15) is 4.79 Å². The molecule has 3 nitrogen and oxygen atoms in total. The smallest absolute Gasteiger partial charge is 0.224 e. The lowest BCUT2D eigenvalue weighted by Crippen LogP contribution is -2.14. The van der Waals surface area contributed by atoms with Crippen LogP contribution in [0.3, 0.4) is 0 Å². The number of rotatable bonds is 4. The van der Waals surface area contributed by atoms with Crippen LogP contribution in [0.2, 0.25) is 0 Å². The Morgan fingerprint density at radius 1 is 1.33 bits per heavy atom. The molecule has 18 heavy (non-hydrogen) atoms. The zero-order chi connectivity index (χ0) is 13.8. The molecule has 0 unspecified atom stereocenters. The maximum absolute atomic E-state index is 11.6. The van der Waals surface area contributed by atoms with Crippen LogP contribution in [0.15, 0.2) is 18.2 Å². The molecule has 0 aliphatic heterocycles. The van der Waals surface area contributed by atoms with Crippen molar-refractivity contribution in [2.24, 2.45) is 0 Å². The van der Waals surface area contributed by atoms with Crippen molar-refractivity contribution < 1.29 is 9.90 Å². The van der Waals surface area contributed by atoms with Crippen molar-refractivity contribution in [1.82, 2.24) is 0 Å².